The van der Waals surface area contributed by atoms with Gasteiger partial charge in [0.2, 0.25) is 5.91 Å². The first-order chi connectivity index (χ1) is 10.6. The third-order valence-electron chi connectivity index (χ3n) is 3.92. The molecule has 0 radical (unpaired) electrons. The molecule has 0 bridgehead atoms. The van der Waals surface area contributed by atoms with E-state index >= 15 is 0 Å². The lowest BCUT2D eigenvalue weighted by molar-refractivity contribution is -0.122. The van der Waals surface area contributed by atoms with Gasteiger partial charge in [-0.05, 0) is 30.4 Å². The van der Waals surface area contributed by atoms with Gasteiger partial charge in [-0.15, -0.1) is 0 Å². The molecule has 1 aliphatic rings. The summed E-state index contributed by atoms with van der Waals surface area (Å²) in [5, 5.41) is 2.97. The zero-order chi connectivity index (χ0) is 15.5. The summed E-state index contributed by atoms with van der Waals surface area (Å²) < 4.78 is 1.19. The van der Waals surface area contributed by atoms with E-state index in [-0.39, 0.29) is 18.5 Å². The number of aromatic amines is 1. The molecule has 0 saturated carbocycles. The molecule has 1 amide bonds. The molecule has 2 aromatic rings. The summed E-state index contributed by atoms with van der Waals surface area (Å²) in [4.78, 5) is 36.9. The van der Waals surface area contributed by atoms with Crippen molar-refractivity contribution in [2.45, 2.75) is 31.8 Å². The van der Waals surface area contributed by atoms with Crippen molar-refractivity contribution in [1.29, 1.82) is 0 Å². The fourth-order valence-electron chi connectivity index (χ4n) is 2.87. The summed E-state index contributed by atoms with van der Waals surface area (Å²) >= 11 is 0. The van der Waals surface area contributed by atoms with Crippen molar-refractivity contribution < 1.29 is 4.79 Å². The first-order valence-electron chi connectivity index (χ1n) is 7.30. The lowest BCUT2D eigenvalue weighted by Gasteiger charge is -2.26. The average Bonchev–Trinajstić information content (AvgIpc) is 2.50. The summed E-state index contributed by atoms with van der Waals surface area (Å²) in [6.45, 7) is -0.103. The van der Waals surface area contributed by atoms with Crippen LogP contribution in [0.25, 0.3) is 0 Å². The van der Waals surface area contributed by atoms with Crippen LogP contribution in [-0.2, 0) is 17.8 Å². The molecule has 6 heteroatoms. The minimum absolute atomic E-state index is 0.0177. The van der Waals surface area contributed by atoms with Gasteiger partial charge < -0.3 is 5.32 Å². The standard InChI is InChI=1S/C16H17N3O3/c20-14-8-9-19(16(22)18-14)10-15(21)17-13-7-3-5-11-4-1-2-6-12(11)13/h1-2,4,6,8-9,13H,3,5,7,10H2,(H,17,21)(H,18,20,22)/t13-/m0/s1. The minimum Gasteiger partial charge on any atom is -0.348 e. The van der Waals surface area contributed by atoms with Crippen LogP contribution in [0.2, 0.25) is 0 Å². The number of fused-ring (bicyclic) bond motifs is 1. The molecular formula is C16H17N3O3. The number of amides is 1. The van der Waals surface area contributed by atoms with E-state index in [1.807, 2.05) is 18.2 Å². The van der Waals surface area contributed by atoms with Crippen LogP contribution in [-0.4, -0.2) is 15.5 Å². The number of aryl methyl sites for hydroxylation is 1. The Bertz CT molecular complexity index is 807. The molecule has 0 saturated heterocycles. The molecule has 0 aliphatic heterocycles. The van der Waals surface area contributed by atoms with Crippen LogP contribution in [0.3, 0.4) is 0 Å². The molecule has 1 aliphatic carbocycles. The number of H-pyrrole nitrogens is 1. The Kier molecular flexibility index (Phi) is 3.91. The van der Waals surface area contributed by atoms with E-state index in [4.69, 9.17) is 0 Å². The lowest BCUT2D eigenvalue weighted by atomic mass is 9.88. The van der Waals surface area contributed by atoms with Gasteiger partial charge in [-0.25, -0.2) is 4.79 Å². The Labute approximate surface area is 126 Å². The molecule has 1 heterocycles. The summed E-state index contributed by atoms with van der Waals surface area (Å²) in [6.07, 6.45) is 4.28. The molecular weight excluding hydrogens is 282 g/mol. The quantitative estimate of drug-likeness (QED) is 0.876. The van der Waals surface area contributed by atoms with Crippen molar-refractivity contribution >= 4 is 5.91 Å². The zero-order valence-electron chi connectivity index (χ0n) is 12.0. The SMILES string of the molecule is O=C(Cn1ccc(=O)[nH]c1=O)N[C@H]1CCCc2ccccc21. The highest BCUT2D eigenvalue weighted by Crippen LogP contribution is 2.29. The summed E-state index contributed by atoms with van der Waals surface area (Å²) in [5.41, 5.74) is 1.37. The molecule has 1 aromatic carbocycles. The van der Waals surface area contributed by atoms with Crippen molar-refractivity contribution in [3.05, 3.63) is 68.5 Å². The largest absolute Gasteiger partial charge is 0.348 e. The Morgan fingerprint density at radius 3 is 2.91 bits per heavy atom. The molecule has 0 fully saturated rings. The fraction of sp³-hybridized carbons (Fsp3) is 0.312. The summed E-state index contributed by atoms with van der Waals surface area (Å²) in [6, 6.07) is 9.30. The smallest absolute Gasteiger partial charge is 0.328 e. The predicted molar refractivity (Wildman–Crippen MR) is 81.6 cm³/mol. The first kappa shape index (κ1) is 14.3. The Hall–Kier alpha value is -2.63. The normalized spacial score (nSPS) is 16.8. The Balaban J connectivity index is 1.73. The highest BCUT2D eigenvalue weighted by molar-refractivity contribution is 5.76. The van der Waals surface area contributed by atoms with Gasteiger partial charge in [-0.2, -0.15) is 0 Å². The molecule has 22 heavy (non-hydrogen) atoms. The van der Waals surface area contributed by atoms with E-state index in [2.05, 4.69) is 16.4 Å². The van der Waals surface area contributed by atoms with E-state index in [9.17, 15) is 14.4 Å². The number of carbonyl (C=O) groups excluding carboxylic acids is 1. The Morgan fingerprint density at radius 1 is 1.27 bits per heavy atom. The maximum atomic E-state index is 12.2. The van der Waals surface area contributed by atoms with E-state index in [1.165, 1.54) is 22.4 Å². The number of hydrogen-bond donors (Lipinski definition) is 2. The minimum atomic E-state index is -0.577. The molecule has 114 valence electrons. The third-order valence-corrected chi connectivity index (χ3v) is 3.92. The zero-order valence-corrected chi connectivity index (χ0v) is 12.0. The van der Waals surface area contributed by atoms with Crippen molar-refractivity contribution in [1.82, 2.24) is 14.9 Å². The second-order valence-electron chi connectivity index (χ2n) is 5.45. The molecule has 2 N–H and O–H groups in total. The number of rotatable bonds is 3. The van der Waals surface area contributed by atoms with Gasteiger partial charge in [0.25, 0.3) is 5.56 Å². The van der Waals surface area contributed by atoms with Crippen molar-refractivity contribution in [2.24, 2.45) is 0 Å². The predicted octanol–water partition coefficient (Wildman–Crippen LogP) is 0.730. The highest BCUT2D eigenvalue weighted by Gasteiger charge is 2.21. The molecule has 1 aromatic heterocycles. The maximum absolute atomic E-state index is 12.2. The molecule has 0 unspecified atom stereocenters. The number of nitrogens with zero attached hydrogens (tertiary/aromatic N) is 1. The molecule has 1 atom stereocenters. The van der Waals surface area contributed by atoms with Crippen molar-refractivity contribution in [3.63, 3.8) is 0 Å². The van der Waals surface area contributed by atoms with Gasteiger partial charge in [-0.1, -0.05) is 24.3 Å². The number of hydrogen-bond acceptors (Lipinski definition) is 3. The topological polar surface area (TPSA) is 84.0 Å². The van der Waals surface area contributed by atoms with Crippen LogP contribution < -0.4 is 16.6 Å². The maximum Gasteiger partial charge on any atom is 0.328 e. The number of aromatic nitrogens is 2. The van der Waals surface area contributed by atoms with Crippen LogP contribution in [0.15, 0.2) is 46.1 Å². The summed E-state index contributed by atoms with van der Waals surface area (Å²) in [7, 11) is 0. The van der Waals surface area contributed by atoms with Crippen LogP contribution in [0, 0.1) is 0 Å². The number of carbonyl (C=O) groups is 1. The van der Waals surface area contributed by atoms with E-state index < -0.39 is 11.2 Å². The van der Waals surface area contributed by atoms with Gasteiger partial charge in [0.15, 0.2) is 0 Å². The van der Waals surface area contributed by atoms with E-state index in [1.54, 1.807) is 0 Å². The van der Waals surface area contributed by atoms with Gasteiger partial charge in [0, 0.05) is 12.3 Å². The molecule has 3 rings (SSSR count). The fourth-order valence-corrected chi connectivity index (χ4v) is 2.87. The second kappa shape index (κ2) is 6.01. The number of benzene rings is 1. The second-order valence-corrected chi connectivity index (χ2v) is 5.45. The van der Waals surface area contributed by atoms with Gasteiger partial charge in [-0.3, -0.25) is 19.1 Å². The van der Waals surface area contributed by atoms with Gasteiger partial charge >= 0.3 is 5.69 Å². The lowest BCUT2D eigenvalue weighted by Crippen LogP contribution is -2.37. The molecule has 0 spiro atoms. The Morgan fingerprint density at radius 2 is 2.09 bits per heavy atom. The highest BCUT2D eigenvalue weighted by atomic mass is 16.2. The van der Waals surface area contributed by atoms with Crippen molar-refractivity contribution in [2.75, 3.05) is 0 Å². The number of nitrogens with one attached hydrogen (secondary N) is 2. The van der Waals surface area contributed by atoms with Crippen LogP contribution in [0.4, 0.5) is 0 Å². The molecule has 6 nitrogen and oxygen atoms in total. The van der Waals surface area contributed by atoms with E-state index in [0.29, 0.717) is 0 Å². The van der Waals surface area contributed by atoms with Gasteiger partial charge in [0.05, 0.1) is 6.04 Å². The van der Waals surface area contributed by atoms with Crippen LogP contribution in [0.5, 0.6) is 0 Å². The van der Waals surface area contributed by atoms with Crippen molar-refractivity contribution in [3.8, 4) is 0 Å². The first-order valence-corrected chi connectivity index (χ1v) is 7.30. The summed E-state index contributed by atoms with van der Waals surface area (Å²) in [5.74, 6) is -0.240. The average molecular weight is 299 g/mol. The van der Waals surface area contributed by atoms with E-state index in [0.717, 1.165) is 24.8 Å². The van der Waals surface area contributed by atoms with Crippen LogP contribution >= 0.6 is 0 Å². The van der Waals surface area contributed by atoms with Gasteiger partial charge in [0.1, 0.15) is 6.54 Å². The monoisotopic (exact) mass is 299 g/mol. The van der Waals surface area contributed by atoms with Crippen LogP contribution in [0.1, 0.15) is 30.0 Å². The third kappa shape index (κ3) is 3.00.